The fraction of sp³-hybridized carbons (Fsp3) is 0.462. The Labute approximate surface area is 115 Å². The van der Waals surface area contributed by atoms with Crippen LogP contribution in [0, 0.1) is 5.92 Å². The minimum Gasteiger partial charge on any atom is -0.486 e. The fourth-order valence-corrected chi connectivity index (χ4v) is 2.66. The van der Waals surface area contributed by atoms with Gasteiger partial charge < -0.3 is 14.6 Å². The van der Waals surface area contributed by atoms with Gasteiger partial charge in [0, 0.05) is 19.6 Å². The molecule has 0 unspecified atom stereocenters. The van der Waals surface area contributed by atoms with E-state index in [0.29, 0.717) is 49.4 Å². The van der Waals surface area contributed by atoms with Crippen LogP contribution < -0.4 is 9.47 Å². The maximum Gasteiger partial charge on any atom is 0.309 e. The zero-order valence-electron chi connectivity index (χ0n) is 10.3. The average Bonchev–Trinajstić information content (AvgIpc) is 2.33. The highest BCUT2D eigenvalue weighted by atomic mass is 35.5. The van der Waals surface area contributed by atoms with Gasteiger partial charge in [-0.15, -0.1) is 0 Å². The lowest BCUT2D eigenvalue weighted by Gasteiger charge is -2.36. The molecule has 1 saturated heterocycles. The third-order valence-corrected chi connectivity index (χ3v) is 3.65. The fourth-order valence-electron chi connectivity index (χ4n) is 2.37. The molecule has 2 aliphatic rings. The average molecular weight is 284 g/mol. The lowest BCUT2D eigenvalue weighted by Crippen LogP contribution is -2.49. The van der Waals surface area contributed by atoms with Crippen molar-refractivity contribution in [2.75, 3.05) is 26.3 Å². The predicted octanol–water partition coefficient (Wildman–Crippen LogP) is 1.63. The van der Waals surface area contributed by atoms with Gasteiger partial charge in [-0.25, -0.2) is 0 Å². The van der Waals surface area contributed by atoms with Gasteiger partial charge in [-0.05, 0) is 17.7 Å². The van der Waals surface area contributed by atoms with Crippen LogP contribution in [-0.4, -0.2) is 42.3 Å². The van der Waals surface area contributed by atoms with Crippen LogP contribution in [0.3, 0.4) is 0 Å². The van der Waals surface area contributed by atoms with E-state index >= 15 is 0 Å². The molecule has 1 aromatic rings. The van der Waals surface area contributed by atoms with Crippen LogP contribution in [0.1, 0.15) is 5.56 Å². The highest BCUT2D eigenvalue weighted by Crippen LogP contribution is 2.38. The summed E-state index contributed by atoms with van der Waals surface area (Å²) in [7, 11) is 0. The van der Waals surface area contributed by atoms with Crippen LogP contribution in [0.25, 0.3) is 0 Å². The second-order valence-electron chi connectivity index (χ2n) is 4.83. The van der Waals surface area contributed by atoms with E-state index in [1.165, 1.54) is 0 Å². The first-order chi connectivity index (χ1) is 9.13. The molecule has 0 radical (unpaired) electrons. The Morgan fingerprint density at radius 3 is 2.84 bits per heavy atom. The second kappa shape index (κ2) is 4.90. The second-order valence-corrected chi connectivity index (χ2v) is 5.24. The Bertz CT molecular complexity index is 514. The zero-order valence-corrected chi connectivity index (χ0v) is 11.0. The van der Waals surface area contributed by atoms with Crippen molar-refractivity contribution in [2.24, 2.45) is 5.92 Å². The van der Waals surface area contributed by atoms with Crippen molar-refractivity contribution in [3.63, 3.8) is 0 Å². The third-order valence-electron chi connectivity index (χ3n) is 3.37. The molecule has 0 aliphatic carbocycles. The number of halogens is 1. The highest BCUT2D eigenvalue weighted by Gasteiger charge is 2.32. The first-order valence-electron chi connectivity index (χ1n) is 6.16. The minimum absolute atomic E-state index is 0.243. The van der Waals surface area contributed by atoms with Crippen LogP contribution in [-0.2, 0) is 11.3 Å². The van der Waals surface area contributed by atoms with E-state index in [2.05, 4.69) is 4.90 Å². The van der Waals surface area contributed by atoms with Crippen molar-refractivity contribution in [3.05, 3.63) is 22.7 Å². The van der Waals surface area contributed by atoms with Gasteiger partial charge in [-0.3, -0.25) is 9.69 Å². The first kappa shape index (κ1) is 12.6. The van der Waals surface area contributed by atoms with Crippen molar-refractivity contribution in [2.45, 2.75) is 6.54 Å². The minimum atomic E-state index is -0.726. The number of fused-ring (bicyclic) bond motifs is 1. The molecule has 0 amide bonds. The zero-order chi connectivity index (χ0) is 13.4. The number of carboxylic acids is 1. The molecule has 5 nitrogen and oxygen atoms in total. The molecule has 0 saturated carbocycles. The molecule has 1 aromatic carbocycles. The Balaban J connectivity index is 1.69. The number of ether oxygens (including phenoxy) is 2. The summed E-state index contributed by atoms with van der Waals surface area (Å²) in [5, 5.41) is 9.38. The lowest BCUT2D eigenvalue weighted by molar-refractivity contribution is -0.147. The Hall–Kier alpha value is -1.46. The Morgan fingerprint density at radius 2 is 2.11 bits per heavy atom. The molecular weight excluding hydrogens is 270 g/mol. The summed E-state index contributed by atoms with van der Waals surface area (Å²) < 4.78 is 11.0. The van der Waals surface area contributed by atoms with Gasteiger partial charge in [0.1, 0.15) is 13.2 Å². The third kappa shape index (κ3) is 2.48. The maximum absolute atomic E-state index is 10.7. The highest BCUT2D eigenvalue weighted by molar-refractivity contribution is 6.32. The predicted molar refractivity (Wildman–Crippen MR) is 68.8 cm³/mol. The standard InChI is InChI=1S/C13H14ClNO4/c14-10-3-8(4-11-12(10)19-2-1-18-11)5-15-6-9(7-15)13(16)17/h3-4,9H,1-2,5-7H2,(H,16,17). The van der Waals surface area contributed by atoms with Crippen LogP contribution in [0.5, 0.6) is 11.5 Å². The molecule has 0 atom stereocenters. The normalized spacial score (nSPS) is 19.0. The summed E-state index contributed by atoms with van der Waals surface area (Å²) in [6.07, 6.45) is 0. The summed E-state index contributed by atoms with van der Waals surface area (Å²) in [4.78, 5) is 12.8. The number of nitrogens with zero attached hydrogens (tertiary/aromatic N) is 1. The van der Waals surface area contributed by atoms with E-state index in [0.717, 1.165) is 5.56 Å². The van der Waals surface area contributed by atoms with Gasteiger partial charge in [0.2, 0.25) is 0 Å². The molecule has 0 spiro atoms. The number of aliphatic carboxylic acids is 1. The molecule has 1 fully saturated rings. The summed E-state index contributed by atoms with van der Waals surface area (Å²) in [5.41, 5.74) is 1.01. The summed E-state index contributed by atoms with van der Waals surface area (Å²) in [6.45, 7) is 2.89. The van der Waals surface area contributed by atoms with Gasteiger partial charge in [0.15, 0.2) is 11.5 Å². The van der Waals surface area contributed by atoms with Gasteiger partial charge >= 0.3 is 5.97 Å². The van der Waals surface area contributed by atoms with E-state index < -0.39 is 5.97 Å². The van der Waals surface area contributed by atoms with E-state index in [4.69, 9.17) is 26.2 Å². The lowest BCUT2D eigenvalue weighted by atomic mass is 9.99. The van der Waals surface area contributed by atoms with Crippen LogP contribution in [0.2, 0.25) is 5.02 Å². The number of likely N-dealkylation sites (tertiary alicyclic amines) is 1. The van der Waals surface area contributed by atoms with Gasteiger partial charge in [-0.2, -0.15) is 0 Å². The number of hydrogen-bond donors (Lipinski definition) is 1. The Kier molecular flexibility index (Phi) is 3.24. The SMILES string of the molecule is O=C(O)C1CN(Cc2cc(Cl)c3c(c2)OCCO3)C1. The van der Waals surface area contributed by atoms with E-state index in [1.807, 2.05) is 12.1 Å². The quantitative estimate of drug-likeness (QED) is 0.914. The molecule has 1 N–H and O–H groups in total. The number of rotatable bonds is 3. The number of carboxylic acid groups (broad SMARTS) is 1. The number of carbonyl (C=O) groups is 1. The molecule has 2 aliphatic heterocycles. The molecule has 0 bridgehead atoms. The molecule has 2 heterocycles. The molecule has 19 heavy (non-hydrogen) atoms. The van der Waals surface area contributed by atoms with Crippen molar-refractivity contribution in [1.82, 2.24) is 4.90 Å². The van der Waals surface area contributed by atoms with Crippen molar-refractivity contribution in [1.29, 1.82) is 0 Å². The van der Waals surface area contributed by atoms with Crippen molar-refractivity contribution < 1.29 is 19.4 Å². The van der Waals surface area contributed by atoms with Crippen molar-refractivity contribution >= 4 is 17.6 Å². The van der Waals surface area contributed by atoms with Gasteiger partial charge in [0.05, 0.1) is 10.9 Å². The Morgan fingerprint density at radius 1 is 1.37 bits per heavy atom. The molecule has 102 valence electrons. The summed E-state index contributed by atoms with van der Waals surface area (Å²) >= 11 is 6.15. The van der Waals surface area contributed by atoms with Crippen LogP contribution in [0.15, 0.2) is 12.1 Å². The molecule has 0 aromatic heterocycles. The summed E-state index contributed by atoms with van der Waals surface area (Å²) in [5.74, 6) is 0.303. The van der Waals surface area contributed by atoms with E-state index in [-0.39, 0.29) is 5.92 Å². The number of hydrogen-bond acceptors (Lipinski definition) is 4. The van der Waals surface area contributed by atoms with E-state index in [1.54, 1.807) is 0 Å². The van der Waals surface area contributed by atoms with E-state index in [9.17, 15) is 4.79 Å². The van der Waals surface area contributed by atoms with Gasteiger partial charge in [0.25, 0.3) is 0 Å². The molecule has 6 heteroatoms. The van der Waals surface area contributed by atoms with Gasteiger partial charge in [-0.1, -0.05) is 11.6 Å². The smallest absolute Gasteiger partial charge is 0.309 e. The maximum atomic E-state index is 10.7. The van der Waals surface area contributed by atoms with Crippen LogP contribution in [0.4, 0.5) is 0 Å². The summed E-state index contributed by atoms with van der Waals surface area (Å²) in [6, 6.07) is 3.76. The largest absolute Gasteiger partial charge is 0.486 e. The van der Waals surface area contributed by atoms with Crippen LogP contribution >= 0.6 is 11.6 Å². The first-order valence-corrected chi connectivity index (χ1v) is 6.54. The molecular formula is C13H14ClNO4. The van der Waals surface area contributed by atoms with Crippen molar-refractivity contribution in [3.8, 4) is 11.5 Å². The topological polar surface area (TPSA) is 59.0 Å². The monoisotopic (exact) mass is 283 g/mol. The molecule has 3 rings (SSSR count). The number of benzene rings is 1.